The topological polar surface area (TPSA) is 157 Å². The number of hydrogen-bond donors (Lipinski definition) is 0. The Kier molecular flexibility index (Phi) is 25.8. The van der Waals surface area contributed by atoms with Crippen LogP contribution >= 0.6 is 77.6 Å². The van der Waals surface area contributed by atoms with Crippen LogP contribution in [0, 0.1) is 0 Å². The van der Waals surface area contributed by atoms with Gasteiger partial charge in [0.05, 0.1) is 54.3 Å². The molecular formula is C56H48N12P4Pd2S4+4. The van der Waals surface area contributed by atoms with Crippen molar-refractivity contribution in [3.05, 3.63) is 284 Å². The molecule has 0 saturated carbocycles. The maximum Gasteiger partial charge on any atom is 2.00 e. The first-order chi connectivity index (χ1) is 37.7. The van der Waals surface area contributed by atoms with E-state index in [1.165, 1.54) is 87.8 Å². The predicted molar refractivity (Wildman–Crippen MR) is 326 cm³/mol. The first-order valence-electron chi connectivity index (χ1n) is 23.6. The maximum atomic E-state index is 4.81. The summed E-state index contributed by atoms with van der Waals surface area (Å²) in [6.45, 7) is 0. The van der Waals surface area contributed by atoms with Gasteiger partial charge in [-0.15, -0.1) is 45.3 Å². The van der Waals surface area contributed by atoms with Crippen LogP contribution in [-0.2, 0) is 40.8 Å². The van der Waals surface area contributed by atoms with Gasteiger partial charge >= 0.3 is 40.8 Å². The van der Waals surface area contributed by atoms with Crippen molar-refractivity contribution >= 4 is 120 Å². The molecular weight excluding hydrogens is 1310 g/mol. The maximum absolute atomic E-state index is 4.81. The molecule has 4 heterocycles. The van der Waals surface area contributed by atoms with Gasteiger partial charge in [-0.2, -0.15) is 0 Å². The van der Waals surface area contributed by atoms with E-state index in [1.54, 1.807) is 22.0 Å². The summed E-state index contributed by atoms with van der Waals surface area (Å²) in [5.74, 6) is 0. The Morgan fingerprint density at radius 2 is 0.372 bits per heavy atom. The molecule has 0 aliphatic carbocycles. The standard InChI is InChI=1S/4C14H11N3PS.2Pd/c4*1-3-7-12(8-4-1)18(13-9-5-2-6-10-13)17-14-16-15-11-19-14;;/h4*1-11H;;/q4*-1;2*+2/p+4. The van der Waals surface area contributed by atoms with Crippen LogP contribution in [0.3, 0.4) is 0 Å². The Hall–Kier alpha value is -5.76. The Balaban J connectivity index is 0.000000149. The second-order valence-corrected chi connectivity index (χ2v) is 27.2. The van der Waals surface area contributed by atoms with E-state index in [9.17, 15) is 0 Å². The van der Waals surface area contributed by atoms with Crippen LogP contribution in [0.2, 0.25) is 0 Å². The van der Waals surface area contributed by atoms with E-state index in [4.69, 9.17) is 19.1 Å². The van der Waals surface area contributed by atoms with E-state index in [0.29, 0.717) is 0 Å². The molecule has 0 atom stereocenters. The van der Waals surface area contributed by atoms with Crippen LogP contribution in [0.5, 0.6) is 0 Å². The summed E-state index contributed by atoms with van der Waals surface area (Å²) >= 11 is 5.91. The van der Waals surface area contributed by atoms with Gasteiger partial charge in [-0.1, -0.05) is 146 Å². The van der Waals surface area contributed by atoms with Crippen LogP contribution < -0.4 is 82.0 Å². The largest absolute Gasteiger partial charge is 2.00 e. The molecule has 0 amide bonds. The molecule has 12 rings (SSSR count). The summed E-state index contributed by atoms with van der Waals surface area (Å²) in [6.07, 6.45) is 0. The quantitative estimate of drug-likeness (QED) is 0.0925. The zero-order valence-electron chi connectivity index (χ0n) is 41.0. The fourth-order valence-electron chi connectivity index (χ4n) is 7.20. The second-order valence-electron chi connectivity index (χ2n) is 15.7. The molecule has 0 bridgehead atoms. The van der Waals surface area contributed by atoms with Gasteiger partial charge in [0, 0.05) is 19.2 Å². The van der Waals surface area contributed by atoms with Crippen LogP contribution in [0.25, 0.3) is 0 Å². The van der Waals surface area contributed by atoms with Crippen molar-refractivity contribution in [2.24, 2.45) is 19.1 Å². The van der Waals surface area contributed by atoms with E-state index in [2.05, 4.69) is 235 Å². The Labute approximate surface area is 500 Å². The summed E-state index contributed by atoms with van der Waals surface area (Å²) < 4.78 is 19.2. The molecule has 4 aromatic heterocycles. The van der Waals surface area contributed by atoms with E-state index >= 15 is 0 Å². The average Bonchev–Trinajstić information content (AvgIpc) is 4.39. The van der Waals surface area contributed by atoms with Gasteiger partial charge in [0.2, 0.25) is 0 Å². The zero-order chi connectivity index (χ0) is 51.7. The molecule has 0 saturated heterocycles. The molecule has 0 aliphatic heterocycles. The number of aromatic nitrogens is 8. The van der Waals surface area contributed by atoms with E-state index < -0.39 is 32.3 Å². The second kappa shape index (κ2) is 33.6. The molecule has 392 valence electrons. The average molecular weight is 1350 g/mol. The molecule has 0 aliphatic rings. The monoisotopic (exact) mass is 1350 g/mol. The summed E-state index contributed by atoms with van der Waals surface area (Å²) in [6, 6.07) is 83.2. The third-order valence-electron chi connectivity index (χ3n) is 10.6. The Morgan fingerprint density at radius 3 is 0.487 bits per heavy atom. The molecule has 0 spiro atoms. The number of nitrogens with zero attached hydrogens (tertiary/aromatic N) is 12. The van der Waals surface area contributed by atoms with Crippen LogP contribution in [0.1, 0.15) is 0 Å². The van der Waals surface area contributed by atoms with Gasteiger partial charge in [-0.05, 0) is 97.1 Å². The Morgan fingerprint density at radius 1 is 0.231 bits per heavy atom. The number of benzene rings is 8. The smallest absolute Gasteiger partial charge is 0.340 e. The van der Waals surface area contributed by atoms with Gasteiger partial charge in [-0.3, -0.25) is 39.4 Å². The van der Waals surface area contributed by atoms with E-state index in [0.717, 1.165) is 19.2 Å². The van der Waals surface area contributed by atoms with Gasteiger partial charge < -0.3 is 20.4 Å². The molecule has 12 aromatic rings. The normalized spacial score (nSPS) is 11.6. The number of rotatable bonds is 12. The summed E-state index contributed by atoms with van der Waals surface area (Å²) in [5, 5.41) is 41.6. The third-order valence-corrected chi connectivity index (χ3v) is 22.4. The minimum Gasteiger partial charge on any atom is -0.340 e. The van der Waals surface area contributed by atoms with Crippen LogP contribution in [-0.4, -0.2) is 20.4 Å². The molecule has 0 unspecified atom stereocenters. The zero-order valence-corrected chi connectivity index (χ0v) is 51.4. The van der Waals surface area contributed by atoms with Crippen molar-refractivity contribution in [1.29, 1.82) is 0 Å². The molecule has 12 nitrogen and oxygen atoms in total. The fourth-order valence-corrected chi connectivity index (χ4v) is 17.6. The van der Waals surface area contributed by atoms with Crippen molar-refractivity contribution in [1.82, 2.24) is 40.8 Å². The van der Waals surface area contributed by atoms with Gasteiger partial charge in [-0.25, -0.2) is 0 Å². The van der Waals surface area contributed by atoms with Crippen molar-refractivity contribution in [2.45, 2.75) is 0 Å². The van der Waals surface area contributed by atoms with Gasteiger partial charge in [0.15, 0.2) is 0 Å². The summed E-state index contributed by atoms with van der Waals surface area (Å²) in [5.41, 5.74) is 6.87. The molecule has 0 fully saturated rings. The van der Waals surface area contributed by atoms with Crippen molar-refractivity contribution < 1.29 is 40.8 Å². The van der Waals surface area contributed by atoms with Gasteiger partial charge in [0.25, 0.3) is 0 Å². The van der Waals surface area contributed by atoms with Gasteiger partial charge in [0.1, 0.15) is 42.4 Å². The molecule has 78 heavy (non-hydrogen) atoms. The van der Waals surface area contributed by atoms with Crippen molar-refractivity contribution in [3.8, 4) is 0 Å². The third kappa shape index (κ3) is 18.7. The first kappa shape index (κ1) is 59.9. The van der Waals surface area contributed by atoms with Crippen molar-refractivity contribution in [3.63, 3.8) is 0 Å². The van der Waals surface area contributed by atoms with E-state index in [1.807, 2.05) is 48.5 Å². The van der Waals surface area contributed by atoms with E-state index in [-0.39, 0.29) is 40.8 Å². The minimum absolute atomic E-state index is 0. The number of hydrogen-bond acceptors (Lipinski definition) is 12. The van der Waals surface area contributed by atoms with Crippen LogP contribution in [0.4, 0.5) is 0 Å². The first-order valence-corrected chi connectivity index (χ1v) is 32.9. The fraction of sp³-hybridized carbons (Fsp3) is 0. The molecule has 0 N–H and O–H groups in total. The predicted octanol–water partition coefficient (Wildman–Crippen LogP) is 7.12. The molecule has 0 radical (unpaired) electrons. The Bertz CT molecular complexity index is 3050. The molecule has 22 heteroatoms. The van der Waals surface area contributed by atoms with Crippen LogP contribution in [0.15, 0.2) is 284 Å². The summed E-state index contributed by atoms with van der Waals surface area (Å²) in [7, 11) is -4.76. The minimum atomic E-state index is -1.19. The summed E-state index contributed by atoms with van der Waals surface area (Å²) in [4.78, 5) is 3.01. The SMILES string of the molecule is [Pd+2].[Pd+2].c1ccc([PH+](/N=c2\[n-]ncs2)c2ccccc2)cc1.c1ccc([PH+](/N=c2\[n-]ncs2)c2ccccc2)cc1.c1ccc([PH+](/N=c2\[n-]ncs2)c2ccccc2)cc1.c1ccc([PH+](/N=c2\[n-]ncs2)c2ccccc2)cc1. The van der Waals surface area contributed by atoms with Crippen molar-refractivity contribution in [2.75, 3.05) is 0 Å². The molecule has 8 aromatic carbocycles.